The molecule has 0 bridgehead atoms. The van der Waals surface area contributed by atoms with Gasteiger partial charge in [-0.15, -0.1) is 0 Å². The zero-order valence-corrected chi connectivity index (χ0v) is 9.77. The fourth-order valence-corrected chi connectivity index (χ4v) is 1.92. The molecule has 0 saturated heterocycles. The summed E-state index contributed by atoms with van der Waals surface area (Å²) in [5, 5.41) is 4.28. The Hall–Kier alpha value is -1.08. The van der Waals surface area contributed by atoms with Crippen LogP contribution in [0, 0.1) is 6.92 Å². The van der Waals surface area contributed by atoms with Crippen LogP contribution in [0.2, 0.25) is 0 Å². The van der Waals surface area contributed by atoms with E-state index in [0.29, 0.717) is 0 Å². The third kappa shape index (κ3) is 2.71. The first kappa shape index (κ1) is 11.0. The molecule has 0 radical (unpaired) electrons. The molecule has 74 valence electrons. The minimum absolute atomic E-state index is 1.32. The van der Waals surface area contributed by atoms with Crippen LogP contribution in [0.3, 0.4) is 0 Å². The van der Waals surface area contributed by atoms with E-state index in [1.54, 1.807) is 11.3 Å². The van der Waals surface area contributed by atoms with Crippen LogP contribution in [-0.4, -0.2) is 0 Å². The van der Waals surface area contributed by atoms with Gasteiger partial charge in [0.15, 0.2) is 0 Å². The average Bonchev–Trinajstić information content (AvgIpc) is 2.74. The van der Waals surface area contributed by atoms with E-state index in [1.165, 1.54) is 16.7 Å². The predicted octanol–water partition coefficient (Wildman–Crippen LogP) is 4.75. The molecule has 0 saturated carbocycles. The second-order valence-corrected chi connectivity index (χ2v) is 3.66. The molecule has 1 heterocycles. The number of hydrogen-bond donors (Lipinski definition) is 0. The van der Waals surface area contributed by atoms with E-state index in [1.807, 2.05) is 13.8 Å². The fourth-order valence-electron chi connectivity index (χ4n) is 1.25. The lowest BCUT2D eigenvalue weighted by Crippen LogP contribution is -1.74. The Morgan fingerprint density at radius 2 is 1.79 bits per heavy atom. The lowest BCUT2D eigenvalue weighted by atomic mass is 10.1. The Balaban J connectivity index is 0.000000461. The molecule has 0 aliphatic carbocycles. The molecule has 0 spiro atoms. The van der Waals surface area contributed by atoms with Crippen LogP contribution in [0.5, 0.6) is 0 Å². The van der Waals surface area contributed by atoms with E-state index in [4.69, 9.17) is 0 Å². The number of hydrogen-bond acceptors (Lipinski definition) is 1. The Morgan fingerprint density at radius 1 is 1.00 bits per heavy atom. The fraction of sp³-hybridized carbons (Fsp3) is 0.231. The van der Waals surface area contributed by atoms with Gasteiger partial charge in [0, 0.05) is 0 Å². The van der Waals surface area contributed by atoms with Gasteiger partial charge in [0.25, 0.3) is 0 Å². The van der Waals surface area contributed by atoms with Gasteiger partial charge in [-0.05, 0) is 34.9 Å². The van der Waals surface area contributed by atoms with E-state index in [0.717, 1.165) is 0 Å². The highest BCUT2D eigenvalue weighted by Crippen LogP contribution is 2.22. The van der Waals surface area contributed by atoms with Crippen LogP contribution in [0.4, 0.5) is 0 Å². The summed E-state index contributed by atoms with van der Waals surface area (Å²) < 4.78 is 0. The van der Waals surface area contributed by atoms with Gasteiger partial charge in [0.05, 0.1) is 0 Å². The smallest absolute Gasteiger partial charge is 0.00147 e. The lowest BCUT2D eigenvalue weighted by Gasteiger charge is -1.97. The van der Waals surface area contributed by atoms with Crippen molar-refractivity contribution in [3.8, 4) is 11.1 Å². The average molecular weight is 204 g/mol. The minimum Gasteiger partial charge on any atom is -0.152 e. The number of rotatable bonds is 1. The standard InChI is InChI=1S/C11H10S.C2H6/c1-9-3-2-4-10(7-9)11-5-6-12-8-11;1-2/h2-8H,1H3;1-2H3. The van der Waals surface area contributed by atoms with E-state index in [-0.39, 0.29) is 0 Å². The Kier molecular flexibility index (Phi) is 4.41. The Labute approximate surface area is 90.2 Å². The van der Waals surface area contributed by atoms with Gasteiger partial charge in [-0.2, -0.15) is 11.3 Å². The third-order valence-electron chi connectivity index (χ3n) is 1.87. The van der Waals surface area contributed by atoms with Gasteiger partial charge in [0.2, 0.25) is 0 Å². The van der Waals surface area contributed by atoms with Crippen molar-refractivity contribution in [1.82, 2.24) is 0 Å². The summed E-state index contributed by atoms with van der Waals surface area (Å²) in [4.78, 5) is 0. The van der Waals surface area contributed by atoms with Crippen molar-refractivity contribution >= 4 is 11.3 Å². The number of aryl methyl sites for hydroxylation is 1. The first-order valence-electron chi connectivity index (χ1n) is 4.95. The molecule has 1 aromatic carbocycles. The lowest BCUT2D eigenvalue weighted by molar-refractivity contribution is 1.47. The summed E-state index contributed by atoms with van der Waals surface area (Å²) in [6, 6.07) is 10.7. The molecule has 0 aliphatic heterocycles. The topological polar surface area (TPSA) is 0 Å². The van der Waals surface area contributed by atoms with Gasteiger partial charge in [0.1, 0.15) is 0 Å². The first-order valence-corrected chi connectivity index (χ1v) is 5.90. The SMILES string of the molecule is CC.Cc1cccc(-c2ccsc2)c1. The second kappa shape index (κ2) is 5.61. The monoisotopic (exact) mass is 204 g/mol. The predicted molar refractivity (Wildman–Crippen MR) is 65.8 cm³/mol. The molecule has 1 aromatic heterocycles. The molecule has 0 N–H and O–H groups in total. The molecule has 0 atom stereocenters. The van der Waals surface area contributed by atoms with Crippen LogP contribution in [0.15, 0.2) is 41.1 Å². The molecule has 0 aliphatic rings. The van der Waals surface area contributed by atoms with E-state index in [9.17, 15) is 0 Å². The normalized spacial score (nSPS) is 9.07. The highest BCUT2D eigenvalue weighted by molar-refractivity contribution is 7.08. The Bertz CT molecular complexity index is 360. The molecule has 14 heavy (non-hydrogen) atoms. The van der Waals surface area contributed by atoms with Crippen molar-refractivity contribution in [2.45, 2.75) is 20.8 Å². The molecule has 2 rings (SSSR count). The molecule has 1 heteroatoms. The zero-order valence-electron chi connectivity index (χ0n) is 8.95. The van der Waals surface area contributed by atoms with Crippen LogP contribution in [0.25, 0.3) is 11.1 Å². The highest BCUT2D eigenvalue weighted by atomic mass is 32.1. The van der Waals surface area contributed by atoms with Crippen LogP contribution in [-0.2, 0) is 0 Å². The summed E-state index contributed by atoms with van der Waals surface area (Å²) in [6.45, 7) is 6.12. The van der Waals surface area contributed by atoms with Crippen molar-refractivity contribution in [1.29, 1.82) is 0 Å². The summed E-state index contributed by atoms with van der Waals surface area (Å²) >= 11 is 1.74. The minimum atomic E-state index is 1.32. The van der Waals surface area contributed by atoms with Gasteiger partial charge in [-0.25, -0.2) is 0 Å². The van der Waals surface area contributed by atoms with E-state index < -0.39 is 0 Å². The third-order valence-corrected chi connectivity index (χ3v) is 2.56. The molecular formula is C13H16S. The maximum atomic E-state index is 2.21. The Morgan fingerprint density at radius 3 is 2.36 bits per heavy atom. The van der Waals surface area contributed by atoms with Crippen LogP contribution < -0.4 is 0 Å². The van der Waals surface area contributed by atoms with Gasteiger partial charge in [-0.3, -0.25) is 0 Å². The van der Waals surface area contributed by atoms with Crippen molar-refractivity contribution in [3.63, 3.8) is 0 Å². The van der Waals surface area contributed by atoms with E-state index in [2.05, 4.69) is 48.0 Å². The van der Waals surface area contributed by atoms with Crippen LogP contribution >= 0.6 is 11.3 Å². The first-order chi connectivity index (χ1) is 6.86. The number of benzene rings is 1. The molecule has 0 unspecified atom stereocenters. The highest BCUT2D eigenvalue weighted by Gasteiger charge is 1.95. The van der Waals surface area contributed by atoms with Crippen molar-refractivity contribution in [3.05, 3.63) is 46.7 Å². The molecule has 0 amide bonds. The summed E-state index contributed by atoms with van der Waals surface area (Å²) in [6.07, 6.45) is 0. The van der Waals surface area contributed by atoms with Crippen molar-refractivity contribution in [2.24, 2.45) is 0 Å². The van der Waals surface area contributed by atoms with E-state index >= 15 is 0 Å². The van der Waals surface area contributed by atoms with Gasteiger partial charge >= 0.3 is 0 Å². The van der Waals surface area contributed by atoms with Gasteiger partial charge in [-0.1, -0.05) is 43.7 Å². The molecule has 0 fully saturated rings. The van der Waals surface area contributed by atoms with Gasteiger partial charge < -0.3 is 0 Å². The largest absolute Gasteiger partial charge is 0.152 e. The second-order valence-electron chi connectivity index (χ2n) is 2.88. The maximum Gasteiger partial charge on any atom is -0.00147 e. The molecule has 0 nitrogen and oxygen atoms in total. The maximum absolute atomic E-state index is 2.21. The zero-order chi connectivity index (χ0) is 10.4. The quantitative estimate of drug-likeness (QED) is 0.629. The van der Waals surface area contributed by atoms with Crippen LogP contribution in [0.1, 0.15) is 19.4 Å². The molecular weight excluding hydrogens is 188 g/mol. The summed E-state index contributed by atoms with van der Waals surface area (Å²) in [5.74, 6) is 0. The van der Waals surface area contributed by atoms with Crippen molar-refractivity contribution < 1.29 is 0 Å². The molecule has 2 aromatic rings. The van der Waals surface area contributed by atoms with Crippen molar-refractivity contribution in [2.75, 3.05) is 0 Å². The summed E-state index contributed by atoms with van der Waals surface area (Å²) in [7, 11) is 0. The number of thiophene rings is 1. The summed E-state index contributed by atoms with van der Waals surface area (Å²) in [5.41, 5.74) is 3.96.